The lowest BCUT2D eigenvalue weighted by atomic mass is 10.00. The number of hydrazine groups is 1. The van der Waals surface area contributed by atoms with Crippen LogP contribution in [0.15, 0.2) is 36.0 Å². The van der Waals surface area contributed by atoms with Crippen molar-refractivity contribution in [2.24, 2.45) is 5.84 Å². The van der Waals surface area contributed by atoms with Crippen LogP contribution in [0.3, 0.4) is 0 Å². The zero-order valence-corrected chi connectivity index (χ0v) is 7.59. The second-order valence-corrected chi connectivity index (χ2v) is 3.04. The fraction of sp³-hybridized carbons (Fsp3) is 0.400. The summed E-state index contributed by atoms with van der Waals surface area (Å²) in [6.07, 6.45) is 7.21. The van der Waals surface area contributed by atoms with Crippen molar-refractivity contribution in [1.29, 1.82) is 0 Å². The predicted molar refractivity (Wildman–Crippen MR) is 52.4 cm³/mol. The largest absolute Gasteiger partial charge is 0.268 e. The molecule has 1 fully saturated rings. The van der Waals surface area contributed by atoms with Crippen molar-refractivity contribution in [2.75, 3.05) is 13.1 Å². The van der Waals surface area contributed by atoms with Gasteiger partial charge in [-0.15, -0.1) is 0 Å². The second-order valence-electron chi connectivity index (χ2n) is 3.04. The molecule has 1 aliphatic rings. The average Bonchev–Trinajstić information content (AvgIpc) is 2.03. The molecule has 1 rings (SSSR count). The first-order chi connectivity index (χ1) is 5.74. The second kappa shape index (κ2) is 4.24. The molecular weight excluding hydrogens is 148 g/mol. The van der Waals surface area contributed by atoms with E-state index in [4.69, 9.17) is 5.84 Å². The van der Waals surface area contributed by atoms with E-state index in [1.54, 1.807) is 5.01 Å². The Hall–Kier alpha value is -0.860. The summed E-state index contributed by atoms with van der Waals surface area (Å²) in [6.45, 7) is 7.71. The van der Waals surface area contributed by atoms with E-state index in [0.29, 0.717) is 0 Å². The van der Waals surface area contributed by atoms with Crippen molar-refractivity contribution >= 4 is 0 Å². The van der Waals surface area contributed by atoms with E-state index < -0.39 is 0 Å². The van der Waals surface area contributed by atoms with Gasteiger partial charge in [0, 0.05) is 13.1 Å². The SMILES string of the molecule is C=C1CN(N)CC/C1=C/C=C\C. The molecule has 12 heavy (non-hydrogen) atoms. The molecule has 0 aromatic rings. The third-order valence-electron chi connectivity index (χ3n) is 2.01. The van der Waals surface area contributed by atoms with Gasteiger partial charge in [0.2, 0.25) is 0 Å². The minimum absolute atomic E-state index is 0.795. The van der Waals surface area contributed by atoms with Gasteiger partial charge in [-0.1, -0.05) is 24.8 Å². The van der Waals surface area contributed by atoms with Gasteiger partial charge in [0.05, 0.1) is 0 Å². The summed E-state index contributed by atoms with van der Waals surface area (Å²) in [5.74, 6) is 5.64. The molecule has 0 aromatic heterocycles. The van der Waals surface area contributed by atoms with Gasteiger partial charge in [-0.05, 0) is 24.5 Å². The van der Waals surface area contributed by atoms with Crippen molar-refractivity contribution in [2.45, 2.75) is 13.3 Å². The maximum atomic E-state index is 5.64. The van der Waals surface area contributed by atoms with E-state index in [2.05, 4.69) is 12.7 Å². The summed E-state index contributed by atoms with van der Waals surface area (Å²) < 4.78 is 0. The van der Waals surface area contributed by atoms with Crippen LogP contribution in [0.1, 0.15) is 13.3 Å². The van der Waals surface area contributed by atoms with Crippen LogP contribution in [0.2, 0.25) is 0 Å². The molecule has 0 radical (unpaired) electrons. The van der Waals surface area contributed by atoms with Gasteiger partial charge in [0.25, 0.3) is 0 Å². The summed E-state index contributed by atoms with van der Waals surface area (Å²) in [4.78, 5) is 0. The van der Waals surface area contributed by atoms with E-state index in [9.17, 15) is 0 Å². The smallest absolute Gasteiger partial charge is 0.0376 e. The number of hydrogen-bond donors (Lipinski definition) is 1. The van der Waals surface area contributed by atoms with Crippen LogP contribution in [0.5, 0.6) is 0 Å². The molecule has 0 bridgehead atoms. The van der Waals surface area contributed by atoms with Crippen molar-refractivity contribution in [3.8, 4) is 0 Å². The molecule has 1 saturated heterocycles. The van der Waals surface area contributed by atoms with E-state index in [0.717, 1.165) is 25.1 Å². The Labute approximate surface area is 74.0 Å². The highest BCUT2D eigenvalue weighted by Gasteiger charge is 2.12. The van der Waals surface area contributed by atoms with E-state index in [1.165, 1.54) is 5.57 Å². The first-order valence-electron chi connectivity index (χ1n) is 4.23. The fourth-order valence-electron chi connectivity index (χ4n) is 1.28. The molecule has 0 amide bonds. The summed E-state index contributed by atoms with van der Waals surface area (Å²) in [7, 11) is 0. The molecule has 0 aromatic carbocycles. The number of nitrogens with zero attached hydrogens (tertiary/aromatic N) is 1. The van der Waals surface area contributed by atoms with Crippen LogP contribution in [-0.2, 0) is 0 Å². The van der Waals surface area contributed by atoms with Crippen LogP contribution >= 0.6 is 0 Å². The maximum Gasteiger partial charge on any atom is 0.0376 e. The number of allylic oxidation sites excluding steroid dienone is 3. The monoisotopic (exact) mass is 164 g/mol. The fourth-order valence-corrected chi connectivity index (χ4v) is 1.28. The van der Waals surface area contributed by atoms with Gasteiger partial charge < -0.3 is 0 Å². The molecular formula is C10H16N2. The lowest BCUT2D eigenvalue weighted by molar-refractivity contribution is 0.296. The zero-order chi connectivity index (χ0) is 8.97. The third kappa shape index (κ3) is 2.32. The number of rotatable bonds is 1. The lowest BCUT2D eigenvalue weighted by Gasteiger charge is -2.25. The highest BCUT2D eigenvalue weighted by molar-refractivity contribution is 5.34. The summed E-state index contributed by atoms with van der Waals surface area (Å²) >= 11 is 0. The van der Waals surface area contributed by atoms with Gasteiger partial charge in [0.15, 0.2) is 0 Å². The number of nitrogens with two attached hydrogens (primary N) is 1. The van der Waals surface area contributed by atoms with Crippen molar-refractivity contribution in [3.05, 3.63) is 36.0 Å². The van der Waals surface area contributed by atoms with Crippen LogP contribution in [0.4, 0.5) is 0 Å². The average molecular weight is 164 g/mol. The first kappa shape index (κ1) is 9.23. The standard InChI is InChI=1S/C10H16N2/c1-3-4-5-10-6-7-12(11)8-9(10)2/h3-5H,2,6-8,11H2,1H3/b4-3-,10-5-. The molecule has 2 heteroatoms. The summed E-state index contributed by atoms with van der Waals surface area (Å²) in [6, 6.07) is 0. The van der Waals surface area contributed by atoms with Gasteiger partial charge in [-0.25, -0.2) is 5.01 Å². The molecule has 0 unspecified atom stereocenters. The normalized spacial score (nSPS) is 24.2. The van der Waals surface area contributed by atoms with Crippen molar-refractivity contribution < 1.29 is 0 Å². The number of hydrogen-bond acceptors (Lipinski definition) is 2. The number of piperidine rings is 1. The van der Waals surface area contributed by atoms with Crippen LogP contribution in [0, 0.1) is 0 Å². The lowest BCUT2D eigenvalue weighted by Crippen LogP contribution is -2.37. The van der Waals surface area contributed by atoms with Crippen molar-refractivity contribution in [3.63, 3.8) is 0 Å². The molecule has 0 aliphatic carbocycles. The molecule has 2 N–H and O–H groups in total. The quantitative estimate of drug-likeness (QED) is 0.597. The molecule has 2 nitrogen and oxygen atoms in total. The van der Waals surface area contributed by atoms with Crippen LogP contribution < -0.4 is 5.84 Å². The van der Waals surface area contributed by atoms with Crippen LogP contribution in [-0.4, -0.2) is 18.1 Å². The van der Waals surface area contributed by atoms with E-state index >= 15 is 0 Å². The molecule has 1 heterocycles. The Bertz CT molecular complexity index is 226. The molecule has 1 aliphatic heterocycles. The molecule has 0 atom stereocenters. The highest BCUT2D eigenvalue weighted by Crippen LogP contribution is 2.18. The van der Waals surface area contributed by atoms with Gasteiger partial charge in [-0.2, -0.15) is 0 Å². The Morgan fingerprint density at radius 1 is 1.58 bits per heavy atom. The third-order valence-corrected chi connectivity index (χ3v) is 2.01. The summed E-state index contributed by atoms with van der Waals surface area (Å²) in [5, 5.41) is 1.80. The predicted octanol–water partition coefficient (Wildman–Crippen LogP) is 1.62. The first-order valence-corrected chi connectivity index (χ1v) is 4.23. The van der Waals surface area contributed by atoms with E-state index in [1.807, 2.05) is 19.1 Å². The van der Waals surface area contributed by atoms with Gasteiger partial charge in [-0.3, -0.25) is 5.84 Å². The van der Waals surface area contributed by atoms with Crippen molar-refractivity contribution in [1.82, 2.24) is 5.01 Å². The molecule has 0 saturated carbocycles. The molecule has 0 spiro atoms. The zero-order valence-electron chi connectivity index (χ0n) is 7.59. The van der Waals surface area contributed by atoms with Crippen LogP contribution in [0.25, 0.3) is 0 Å². The Kier molecular flexibility index (Phi) is 3.26. The van der Waals surface area contributed by atoms with Gasteiger partial charge >= 0.3 is 0 Å². The topological polar surface area (TPSA) is 29.3 Å². The maximum absolute atomic E-state index is 5.64. The summed E-state index contributed by atoms with van der Waals surface area (Å²) in [5.41, 5.74) is 2.47. The Morgan fingerprint density at radius 2 is 2.33 bits per heavy atom. The Balaban J connectivity index is 2.62. The van der Waals surface area contributed by atoms with Gasteiger partial charge in [0.1, 0.15) is 0 Å². The minimum Gasteiger partial charge on any atom is -0.268 e. The minimum atomic E-state index is 0.795. The Morgan fingerprint density at radius 3 is 2.92 bits per heavy atom. The van der Waals surface area contributed by atoms with E-state index in [-0.39, 0.29) is 0 Å². The highest BCUT2D eigenvalue weighted by atomic mass is 15.4. The molecule has 66 valence electrons.